The van der Waals surface area contributed by atoms with Gasteiger partial charge in [0.1, 0.15) is 5.82 Å². The van der Waals surface area contributed by atoms with E-state index in [1.807, 2.05) is 13.0 Å². The van der Waals surface area contributed by atoms with Crippen LogP contribution in [0.4, 0.5) is 10.6 Å². The highest BCUT2D eigenvalue weighted by Crippen LogP contribution is 2.06. The minimum atomic E-state index is -0.572. The van der Waals surface area contributed by atoms with Crippen molar-refractivity contribution in [1.82, 2.24) is 15.2 Å². The van der Waals surface area contributed by atoms with Crippen molar-refractivity contribution in [2.24, 2.45) is 4.99 Å². The number of guanidine groups is 1. The maximum atomic E-state index is 11.6. The number of nitrogens with zero attached hydrogens (tertiary/aromatic N) is 3. The lowest BCUT2D eigenvalue weighted by Crippen LogP contribution is -2.29. The summed E-state index contributed by atoms with van der Waals surface area (Å²) in [5.74, 6) is 0.485. The zero-order valence-electron chi connectivity index (χ0n) is 10.1. The van der Waals surface area contributed by atoms with Crippen LogP contribution in [0.2, 0.25) is 0 Å². The number of nitrogens with one attached hydrogen (secondary N) is 2. The topological polar surface area (TPSA) is 86.7 Å². The van der Waals surface area contributed by atoms with Crippen LogP contribution >= 0.6 is 0 Å². The monoisotopic (exact) mass is 247 g/mol. The van der Waals surface area contributed by atoms with E-state index in [2.05, 4.69) is 20.6 Å². The molecule has 2 rings (SSSR count). The molecule has 0 unspecified atom stereocenters. The molecule has 1 aliphatic heterocycles. The Morgan fingerprint density at radius 2 is 2.39 bits per heavy atom. The average molecular weight is 247 g/mol. The van der Waals surface area contributed by atoms with Crippen molar-refractivity contribution in [2.45, 2.75) is 6.92 Å². The first-order valence-electron chi connectivity index (χ1n) is 5.38. The van der Waals surface area contributed by atoms with Gasteiger partial charge in [-0.2, -0.15) is 4.99 Å². The summed E-state index contributed by atoms with van der Waals surface area (Å²) in [6.07, 6.45) is 1.60. The molecule has 0 atom stereocenters. The number of aliphatic imine (C=N–C) groups is 1. The lowest BCUT2D eigenvalue weighted by Gasteiger charge is -2.08. The van der Waals surface area contributed by atoms with Crippen LogP contribution in [0.25, 0.3) is 0 Å². The van der Waals surface area contributed by atoms with Crippen molar-refractivity contribution in [3.8, 4) is 0 Å². The van der Waals surface area contributed by atoms with Crippen molar-refractivity contribution >= 4 is 23.7 Å². The molecular weight excluding hydrogens is 234 g/mol. The summed E-state index contributed by atoms with van der Waals surface area (Å²) in [5, 5.41) is 5.02. The molecule has 0 aliphatic carbocycles. The molecule has 1 fully saturated rings. The van der Waals surface area contributed by atoms with Crippen LogP contribution in [-0.2, 0) is 4.79 Å². The summed E-state index contributed by atoms with van der Waals surface area (Å²) in [5.41, 5.74) is 0.985. The number of amides is 3. The third kappa shape index (κ3) is 2.82. The summed E-state index contributed by atoms with van der Waals surface area (Å²) < 4.78 is 0. The lowest BCUT2D eigenvalue weighted by molar-refractivity contribution is -0.118. The Morgan fingerprint density at radius 1 is 1.61 bits per heavy atom. The van der Waals surface area contributed by atoms with E-state index in [-0.39, 0.29) is 18.4 Å². The number of urea groups is 1. The van der Waals surface area contributed by atoms with Crippen molar-refractivity contribution < 1.29 is 9.59 Å². The molecule has 0 aromatic carbocycles. The third-order valence-corrected chi connectivity index (χ3v) is 2.35. The van der Waals surface area contributed by atoms with Crippen LogP contribution in [0.3, 0.4) is 0 Å². The molecule has 1 aliphatic rings. The Morgan fingerprint density at radius 3 is 3.00 bits per heavy atom. The zero-order valence-corrected chi connectivity index (χ0v) is 10.1. The lowest BCUT2D eigenvalue weighted by atomic mass is 10.3. The van der Waals surface area contributed by atoms with Crippen LogP contribution in [0, 0.1) is 6.92 Å². The minimum absolute atomic E-state index is 0.183. The normalized spacial score (nSPS) is 16.9. The number of aromatic nitrogens is 1. The Bertz CT molecular complexity index is 526. The molecule has 3 amide bonds. The Labute approximate surface area is 104 Å². The molecule has 2 heterocycles. The maximum Gasteiger partial charge on any atom is 0.349 e. The maximum absolute atomic E-state index is 11.6. The Hall–Kier alpha value is -2.44. The highest BCUT2D eigenvalue weighted by molar-refractivity contribution is 6.09. The number of likely N-dealkylation sites (N-methyl/N-ethyl adjacent to an activating group) is 1. The van der Waals surface area contributed by atoms with Crippen molar-refractivity contribution in [2.75, 3.05) is 18.9 Å². The van der Waals surface area contributed by atoms with E-state index in [0.29, 0.717) is 5.82 Å². The number of hydrogen-bond donors (Lipinski definition) is 2. The standard InChI is InChI=1S/C11H13N5O2/c1-7-3-4-12-8(5-7)13-11(18)15-10-14-9(17)6-16(10)2/h3-5H,6H2,1-2H3,(H2,12,13,14,15,17,18). The summed E-state index contributed by atoms with van der Waals surface area (Å²) in [7, 11) is 1.68. The number of rotatable bonds is 1. The molecule has 7 nitrogen and oxygen atoms in total. The number of carbonyl (C=O) groups excluding carboxylic acids is 2. The number of pyridine rings is 1. The van der Waals surface area contributed by atoms with E-state index >= 15 is 0 Å². The first-order valence-corrected chi connectivity index (χ1v) is 5.38. The second-order valence-electron chi connectivity index (χ2n) is 3.99. The first-order chi connectivity index (χ1) is 8.54. The van der Waals surface area contributed by atoms with E-state index in [1.165, 1.54) is 0 Å². The summed E-state index contributed by atoms with van der Waals surface area (Å²) in [6, 6.07) is 2.99. The van der Waals surface area contributed by atoms with Gasteiger partial charge in [-0.15, -0.1) is 0 Å². The van der Waals surface area contributed by atoms with Crippen LogP contribution < -0.4 is 10.6 Å². The van der Waals surface area contributed by atoms with Crippen molar-refractivity contribution in [3.05, 3.63) is 23.9 Å². The minimum Gasteiger partial charge on any atom is -0.336 e. The Kier molecular flexibility index (Phi) is 3.22. The third-order valence-electron chi connectivity index (χ3n) is 2.35. The number of carbonyl (C=O) groups is 2. The van der Waals surface area contributed by atoms with Crippen LogP contribution in [0.1, 0.15) is 5.56 Å². The van der Waals surface area contributed by atoms with Gasteiger partial charge in [-0.25, -0.2) is 9.78 Å². The summed E-state index contributed by atoms with van der Waals surface area (Å²) >= 11 is 0. The van der Waals surface area contributed by atoms with Gasteiger partial charge >= 0.3 is 6.03 Å². The second-order valence-corrected chi connectivity index (χ2v) is 3.99. The molecule has 7 heteroatoms. The molecular formula is C11H13N5O2. The van der Waals surface area contributed by atoms with Gasteiger partial charge in [0.05, 0.1) is 6.54 Å². The van der Waals surface area contributed by atoms with E-state index in [4.69, 9.17) is 0 Å². The fourth-order valence-electron chi connectivity index (χ4n) is 1.50. The zero-order chi connectivity index (χ0) is 13.1. The van der Waals surface area contributed by atoms with Crippen LogP contribution in [-0.4, -0.2) is 41.4 Å². The number of anilines is 1. The predicted molar refractivity (Wildman–Crippen MR) is 66.2 cm³/mol. The van der Waals surface area contributed by atoms with Gasteiger partial charge in [-0.05, 0) is 24.6 Å². The van der Waals surface area contributed by atoms with Crippen LogP contribution in [0.15, 0.2) is 23.3 Å². The smallest absolute Gasteiger partial charge is 0.336 e. The fourth-order valence-corrected chi connectivity index (χ4v) is 1.50. The van der Waals surface area contributed by atoms with Crippen molar-refractivity contribution in [1.29, 1.82) is 0 Å². The highest BCUT2D eigenvalue weighted by atomic mass is 16.2. The largest absolute Gasteiger partial charge is 0.349 e. The van der Waals surface area contributed by atoms with Crippen LogP contribution in [0.5, 0.6) is 0 Å². The molecule has 0 saturated carbocycles. The SMILES string of the molecule is Cc1ccnc(NC(=O)N=C2NC(=O)CN2C)c1. The van der Waals surface area contributed by atoms with Gasteiger partial charge < -0.3 is 4.90 Å². The van der Waals surface area contributed by atoms with Gasteiger partial charge in [0, 0.05) is 13.2 Å². The average Bonchev–Trinajstić information content (AvgIpc) is 2.57. The van der Waals surface area contributed by atoms with E-state index in [1.54, 1.807) is 24.2 Å². The number of aryl methyl sites for hydroxylation is 1. The van der Waals surface area contributed by atoms with Gasteiger partial charge in [0.15, 0.2) is 0 Å². The van der Waals surface area contributed by atoms with Gasteiger partial charge in [0.25, 0.3) is 0 Å². The van der Waals surface area contributed by atoms with Crippen molar-refractivity contribution in [3.63, 3.8) is 0 Å². The van der Waals surface area contributed by atoms with E-state index in [9.17, 15) is 9.59 Å². The molecule has 1 saturated heterocycles. The summed E-state index contributed by atoms with van der Waals surface area (Å²) in [4.78, 5) is 32.0. The van der Waals surface area contributed by atoms with Gasteiger partial charge in [0.2, 0.25) is 11.9 Å². The molecule has 1 aromatic rings. The second kappa shape index (κ2) is 4.82. The van der Waals surface area contributed by atoms with Gasteiger partial charge in [-0.3, -0.25) is 15.4 Å². The molecule has 1 aromatic heterocycles. The predicted octanol–water partition coefficient (Wildman–Crippen LogP) is 0.340. The summed E-state index contributed by atoms with van der Waals surface area (Å²) in [6.45, 7) is 2.10. The molecule has 2 N–H and O–H groups in total. The molecule has 0 bridgehead atoms. The molecule has 0 spiro atoms. The quantitative estimate of drug-likeness (QED) is 0.749. The first kappa shape index (κ1) is 12.0. The van der Waals surface area contributed by atoms with E-state index in [0.717, 1.165) is 5.56 Å². The number of hydrogen-bond acceptors (Lipinski definition) is 3. The van der Waals surface area contributed by atoms with Gasteiger partial charge in [-0.1, -0.05) is 0 Å². The highest BCUT2D eigenvalue weighted by Gasteiger charge is 2.22. The van der Waals surface area contributed by atoms with E-state index < -0.39 is 6.03 Å². The molecule has 18 heavy (non-hydrogen) atoms. The molecule has 0 radical (unpaired) electrons. The fraction of sp³-hybridized carbons (Fsp3) is 0.273. The molecule has 94 valence electrons. The Balaban J connectivity index is 2.05.